The van der Waals surface area contributed by atoms with Crippen LogP contribution < -0.4 is 5.73 Å². The highest BCUT2D eigenvalue weighted by atomic mass is 16.6. The molecule has 9 heteroatoms. The summed E-state index contributed by atoms with van der Waals surface area (Å²) in [5, 5.41) is 20.5. The van der Waals surface area contributed by atoms with Crippen molar-refractivity contribution >= 4 is 17.0 Å². The Bertz CT molecular complexity index is 698. The molecule has 0 amide bonds. The van der Waals surface area contributed by atoms with Crippen LogP contribution in [0, 0.1) is 0 Å². The molecule has 0 bridgehead atoms. The van der Waals surface area contributed by atoms with E-state index in [1.165, 1.54) is 12.7 Å². The number of nitrogens with two attached hydrogens (primary N) is 1. The summed E-state index contributed by atoms with van der Waals surface area (Å²) in [6.45, 7) is 5.89. The van der Waals surface area contributed by atoms with Crippen molar-refractivity contribution in [2.45, 2.75) is 50.9 Å². The fourth-order valence-corrected chi connectivity index (χ4v) is 2.49. The molecule has 4 atom stereocenters. The maximum atomic E-state index is 10.3. The van der Waals surface area contributed by atoms with Crippen LogP contribution in [0.5, 0.6) is 0 Å². The van der Waals surface area contributed by atoms with Gasteiger partial charge in [0.15, 0.2) is 17.7 Å². The van der Waals surface area contributed by atoms with E-state index >= 15 is 0 Å². The molecule has 3 rings (SSSR count). The van der Waals surface area contributed by atoms with E-state index in [9.17, 15) is 10.2 Å². The number of anilines is 1. The summed E-state index contributed by atoms with van der Waals surface area (Å²) in [5.74, 6) is 0.245. The Morgan fingerprint density at radius 3 is 2.70 bits per heavy atom. The van der Waals surface area contributed by atoms with Gasteiger partial charge in [0.25, 0.3) is 0 Å². The van der Waals surface area contributed by atoms with Crippen LogP contribution in [0.15, 0.2) is 12.7 Å². The second-order valence-electron chi connectivity index (χ2n) is 6.55. The quantitative estimate of drug-likeness (QED) is 0.711. The number of hydrogen-bond acceptors (Lipinski definition) is 8. The van der Waals surface area contributed by atoms with Gasteiger partial charge in [-0.2, -0.15) is 0 Å². The van der Waals surface area contributed by atoms with E-state index in [1.54, 1.807) is 4.57 Å². The Morgan fingerprint density at radius 1 is 1.26 bits per heavy atom. The summed E-state index contributed by atoms with van der Waals surface area (Å²) in [7, 11) is 0. The van der Waals surface area contributed by atoms with Crippen molar-refractivity contribution in [1.82, 2.24) is 19.5 Å². The van der Waals surface area contributed by atoms with Gasteiger partial charge in [0.1, 0.15) is 30.2 Å². The highest BCUT2D eigenvalue weighted by Gasteiger charge is 2.44. The van der Waals surface area contributed by atoms with Crippen molar-refractivity contribution in [3.63, 3.8) is 0 Å². The van der Waals surface area contributed by atoms with Gasteiger partial charge in [0.2, 0.25) is 0 Å². The minimum absolute atomic E-state index is 0.169. The molecule has 0 spiro atoms. The van der Waals surface area contributed by atoms with Crippen LogP contribution in [-0.2, 0) is 9.47 Å². The van der Waals surface area contributed by atoms with Crippen molar-refractivity contribution in [3.05, 3.63) is 12.7 Å². The first-order chi connectivity index (χ1) is 10.8. The minimum atomic E-state index is -1.13. The third-order valence-electron chi connectivity index (χ3n) is 3.68. The number of rotatable bonds is 3. The van der Waals surface area contributed by atoms with Crippen LogP contribution in [-0.4, -0.2) is 60.3 Å². The standard InChI is InChI=1S/C14H21N5O4/c1-14(2,3)22-4-7-9(20)10(21)13(23-7)19-6-18-8-11(15)16-5-17-12(8)19/h5-7,9-10,13,20-21H,4H2,1-3H3,(H2,15,16,17). The average molecular weight is 323 g/mol. The Hall–Kier alpha value is -1.81. The van der Waals surface area contributed by atoms with Crippen molar-refractivity contribution in [2.24, 2.45) is 0 Å². The van der Waals surface area contributed by atoms with Crippen molar-refractivity contribution in [1.29, 1.82) is 0 Å². The molecule has 1 saturated heterocycles. The van der Waals surface area contributed by atoms with Crippen molar-refractivity contribution in [2.75, 3.05) is 12.3 Å². The zero-order valence-electron chi connectivity index (χ0n) is 13.2. The number of ether oxygens (including phenoxy) is 2. The molecule has 1 aliphatic heterocycles. The zero-order valence-corrected chi connectivity index (χ0v) is 13.2. The molecule has 0 radical (unpaired) electrons. The molecule has 0 aromatic carbocycles. The highest BCUT2D eigenvalue weighted by Crippen LogP contribution is 2.32. The molecule has 4 N–H and O–H groups in total. The largest absolute Gasteiger partial charge is 0.387 e. The van der Waals surface area contributed by atoms with E-state index < -0.39 is 24.5 Å². The number of aromatic nitrogens is 4. The zero-order chi connectivity index (χ0) is 16.8. The number of nitrogens with zero attached hydrogens (tertiary/aromatic N) is 4. The summed E-state index contributed by atoms with van der Waals surface area (Å²) in [6, 6.07) is 0. The summed E-state index contributed by atoms with van der Waals surface area (Å²) in [4.78, 5) is 12.1. The first-order valence-electron chi connectivity index (χ1n) is 7.36. The second-order valence-corrected chi connectivity index (χ2v) is 6.55. The highest BCUT2D eigenvalue weighted by molar-refractivity contribution is 5.81. The van der Waals surface area contributed by atoms with Gasteiger partial charge in [0.05, 0.1) is 18.5 Å². The third kappa shape index (κ3) is 3.00. The van der Waals surface area contributed by atoms with E-state index in [1.807, 2.05) is 20.8 Å². The van der Waals surface area contributed by atoms with Gasteiger partial charge in [-0.1, -0.05) is 0 Å². The number of imidazole rings is 1. The molecule has 4 unspecified atom stereocenters. The van der Waals surface area contributed by atoms with Crippen LogP contribution in [0.3, 0.4) is 0 Å². The molecule has 0 saturated carbocycles. The first kappa shape index (κ1) is 16.1. The lowest BCUT2D eigenvalue weighted by molar-refractivity contribution is -0.0991. The lowest BCUT2D eigenvalue weighted by Gasteiger charge is -2.23. The predicted octanol–water partition coefficient (Wildman–Crippen LogP) is -0.157. The summed E-state index contributed by atoms with van der Waals surface area (Å²) in [5.41, 5.74) is 6.25. The monoisotopic (exact) mass is 323 g/mol. The molecule has 2 aromatic rings. The van der Waals surface area contributed by atoms with Gasteiger partial charge >= 0.3 is 0 Å². The molecule has 23 heavy (non-hydrogen) atoms. The van der Waals surface area contributed by atoms with Gasteiger partial charge in [-0.3, -0.25) is 4.57 Å². The van der Waals surface area contributed by atoms with Gasteiger partial charge < -0.3 is 25.4 Å². The van der Waals surface area contributed by atoms with E-state index in [-0.39, 0.29) is 18.0 Å². The maximum absolute atomic E-state index is 10.3. The SMILES string of the molecule is CC(C)(C)OCC1OC(n2cnc3c(N)ncnc32)C(O)C1O. The van der Waals surface area contributed by atoms with Gasteiger partial charge in [-0.05, 0) is 20.8 Å². The minimum Gasteiger partial charge on any atom is -0.387 e. The average Bonchev–Trinajstić information content (AvgIpc) is 3.01. The summed E-state index contributed by atoms with van der Waals surface area (Å²) in [6.07, 6.45) is -0.892. The van der Waals surface area contributed by atoms with Gasteiger partial charge in [0, 0.05) is 0 Å². The molecule has 1 aliphatic rings. The molecule has 0 aliphatic carbocycles. The fraction of sp³-hybridized carbons (Fsp3) is 0.643. The van der Waals surface area contributed by atoms with E-state index in [0.29, 0.717) is 11.2 Å². The number of nitrogen functional groups attached to an aromatic ring is 1. The van der Waals surface area contributed by atoms with Crippen molar-refractivity contribution < 1.29 is 19.7 Å². The van der Waals surface area contributed by atoms with E-state index in [0.717, 1.165) is 0 Å². The normalized spacial score (nSPS) is 28.6. The Balaban J connectivity index is 1.84. The number of aliphatic hydroxyl groups excluding tert-OH is 2. The lowest BCUT2D eigenvalue weighted by Crippen LogP contribution is -2.36. The van der Waals surface area contributed by atoms with Crippen LogP contribution in [0.4, 0.5) is 5.82 Å². The number of fused-ring (bicyclic) bond motifs is 1. The molecule has 2 aromatic heterocycles. The van der Waals surface area contributed by atoms with E-state index in [2.05, 4.69) is 15.0 Å². The summed E-state index contributed by atoms with van der Waals surface area (Å²) < 4.78 is 12.9. The topological polar surface area (TPSA) is 129 Å². The Kier molecular flexibility index (Phi) is 3.96. The number of hydrogen-bond donors (Lipinski definition) is 3. The molecule has 9 nitrogen and oxygen atoms in total. The molecular formula is C14H21N5O4. The van der Waals surface area contributed by atoms with Crippen LogP contribution in [0.1, 0.15) is 27.0 Å². The van der Waals surface area contributed by atoms with Gasteiger partial charge in [-0.25, -0.2) is 15.0 Å². The Labute approximate surface area is 133 Å². The van der Waals surface area contributed by atoms with Crippen LogP contribution in [0.2, 0.25) is 0 Å². The molecule has 3 heterocycles. The first-order valence-corrected chi connectivity index (χ1v) is 7.36. The van der Waals surface area contributed by atoms with Crippen LogP contribution in [0.25, 0.3) is 11.2 Å². The molecule has 126 valence electrons. The Morgan fingerprint density at radius 2 is 2.00 bits per heavy atom. The summed E-state index contributed by atoms with van der Waals surface area (Å²) >= 11 is 0. The molecule has 1 fully saturated rings. The van der Waals surface area contributed by atoms with E-state index in [4.69, 9.17) is 15.2 Å². The van der Waals surface area contributed by atoms with Crippen LogP contribution >= 0.6 is 0 Å². The third-order valence-corrected chi connectivity index (χ3v) is 3.68. The molecular weight excluding hydrogens is 302 g/mol. The maximum Gasteiger partial charge on any atom is 0.167 e. The smallest absolute Gasteiger partial charge is 0.167 e. The van der Waals surface area contributed by atoms with Crippen molar-refractivity contribution in [3.8, 4) is 0 Å². The second kappa shape index (κ2) is 5.68. The van der Waals surface area contributed by atoms with Gasteiger partial charge in [-0.15, -0.1) is 0 Å². The lowest BCUT2D eigenvalue weighted by atomic mass is 10.1. The number of aliphatic hydroxyl groups is 2. The predicted molar refractivity (Wildman–Crippen MR) is 81.4 cm³/mol. The fourth-order valence-electron chi connectivity index (χ4n) is 2.49.